The maximum atomic E-state index is 13.1. The number of halogens is 4. The van der Waals surface area contributed by atoms with Crippen LogP contribution in [-0.2, 0) is 0 Å². The van der Waals surface area contributed by atoms with Gasteiger partial charge in [0.1, 0.15) is 10.2 Å². The van der Waals surface area contributed by atoms with Crippen LogP contribution in [0.5, 0.6) is 0 Å². The first kappa shape index (κ1) is 13.2. The summed E-state index contributed by atoms with van der Waals surface area (Å²) in [4.78, 5) is 12.6. The monoisotopic (exact) mass is 396 g/mol. The van der Waals surface area contributed by atoms with Gasteiger partial charge in [0.25, 0.3) is 0 Å². The fourth-order valence-corrected chi connectivity index (χ4v) is 3.35. The molecular formula is C11H4Br2ClFOS. The number of hydrogen-bond donors (Lipinski definition) is 0. The fourth-order valence-electron chi connectivity index (χ4n) is 1.26. The summed E-state index contributed by atoms with van der Waals surface area (Å²) in [5.74, 6) is -0.702. The molecule has 0 saturated carbocycles. The van der Waals surface area contributed by atoms with E-state index in [-0.39, 0.29) is 11.3 Å². The average Bonchev–Trinajstić information content (AvgIpc) is 2.62. The topological polar surface area (TPSA) is 17.1 Å². The molecule has 0 radical (unpaired) electrons. The third-order valence-electron chi connectivity index (χ3n) is 2.04. The van der Waals surface area contributed by atoms with Crippen LogP contribution < -0.4 is 0 Å². The Kier molecular flexibility index (Phi) is 4.02. The van der Waals surface area contributed by atoms with Crippen molar-refractivity contribution in [2.24, 2.45) is 0 Å². The van der Waals surface area contributed by atoms with E-state index >= 15 is 0 Å². The van der Waals surface area contributed by atoms with E-state index in [1.54, 1.807) is 6.07 Å². The number of carbonyl (C=O) groups excluding carboxylic acids is 1. The molecule has 1 aromatic carbocycles. The highest BCUT2D eigenvalue weighted by atomic mass is 79.9. The highest BCUT2D eigenvalue weighted by Gasteiger charge is 2.17. The van der Waals surface area contributed by atoms with Gasteiger partial charge in [-0.2, -0.15) is 0 Å². The van der Waals surface area contributed by atoms with Crippen LogP contribution in [0.4, 0.5) is 4.39 Å². The van der Waals surface area contributed by atoms with Gasteiger partial charge in [0, 0.05) is 14.5 Å². The van der Waals surface area contributed by atoms with Crippen LogP contribution in [0.1, 0.15) is 15.2 Å². The molecule has 0 N–H and O–H groups in total. The minimum absolute atomic E-state index is 0.256. The highest BCUT2D eigenvalue weighted by molar-refractivity contribution is 9.11. The molecule has 0 fully saturated rings. The van der Waals surface area contributed by atoms with Gasteiger partial charge < -0.3 is 0 Å². The van der Waals surface area contributed by atoms with Crippen LogP contribution in [0.15, 0.2) is 33.2 Å². The van der Waals surface area contributed by atoms with Gasteiger partial charge >= 0.3 is 0 Å². The van der Waals surface area contributed by atoms with Crippen molar-refractivity contribution in [2.45, 2.75) is 0 Å². The third-order valence-corrected chi connectivity index (χ3v) is 5.21. The number of thiophene rings is 1. The fraction of sp³-hybridized carbons (Fsp3) is 0. The van der Waals surface area contributed by atoms with Gasteiger partial charge in [-0.15, -0.1) is 11.3 Å². The molecule has 2 rings (SSSR count). The van der Waals surface area contributed by atoms with Crippen molar-refractivity contribution >= 4 is 60.6 Å². The van der Waals surface area contributed by atoms with E-state index in [0.717, 1.165) is 11.3 Å². The highest BCUT2D eigenvalue weighted by Crippen LogP contribution is 2.34. The van der Waals surface area contributed by atoms with Gasteiger partial charge in [-0.05, 0) is 40.2 Å². The molecule has 0 aliphatic heterocycles. The Morgan fingerprint density at radius 1 is 1.24 bits per heavy atom. The summed E-state index contributed by atoms with van der Waals surface area (Å²) in [7, 11) is 0. The molecule has 0 aliphatic rings. The zero-order valence-electron chi connectivity index (χ0n) is 8.14. The Balaban J connectivity index is 2.47. The van der Waals surface area contributed by atoms with E-state index in [1.807, 2.05) is 0 Å². The van der Waals surface area contributed by atoms with Crippen LogP contribution in [-0.4, -0.2) is 5.78 Å². The average molecular weight is 398 g/mol. The molecule has 6 heteroatoms. The minimum atomic E-state index is -0.446. The maximum Gasteiger partial charge on any atom is 0.204 e. The van der Waals surface area contributed by atoms with Crippen LogP contribution >= 0.6 is 54.8 Å². The van der Waals surface area contributed by atoms with Crippen molar-refractivity contribution in [1.82, 2.24) is 0 Å². The number of benzene rings is 1. The first-order valence-electron chi connectivity index (χ1n) is 4.43. The lowest BCUT2D eigenvalue weighted by Crippen LogP contribution is -2.00. The molecule has 1 heterocycles. The summed E-state index contributed by atoms with van der Waals surface area (Å²) in [6.45, 7) is 0. The Bertz CT molecular complexity index is 578. The molecule has 0 bridgehead atoms. The lowest BCUT2D eigenvalue weighted by atomic mass is 10.1. The van der Waals surface area contributed by atoms with Gasteiger partial charge in [-0.3, -0.25) is 4.79 Å². The van der Waals surface area contributed by atoms with Gasteiger partial charge in [-0.25, -0.2) is 4.39 Å². The van der Waals surface area contributed by atoms with E-state index < -0.39 is 5.82 Å². The second kappa shape index (κ2) is 5.18. The van der Waals surface area contributed by atoms with E-state index in [2.05, 4.69) is 31.9 Å². The predicted molar refractivity (Wildman–Crippen MR) is 74.6 cm³/mol. The van der Waals surface area contributed by atoms with Crippen molar-refractivity contribution < 1.29 is 9.18 Å². The normalized spacial score (nSPS) is 10.6. The smallest absolute Gasteiger partial charge is 0.204 e. The van der Waals surface area contributed by atoms with Crippen molar-refractivity contribution in [3.8, 4) is 0 Å². The second-order valence-electron chi connectivity index (χ2n) is 3.19. The van der Waals surface area contributed by atoms with E-state index in [4.69, 9.17) is 11.6 Å². The van der Waals surface area contributed by atoms with Crippen LogP contribution in [0.25, 0.3) is 0 Å². The Labute approximate surface area is 123 Å². The molecule has 2 aromatic rings. The van der Waals surface area contributed by atoms with Gasteiger partial charge in [-0.1, -0.05) is 27.5 Å². The summed E-state index contributed by atoms with van der Waals surface area (Å²) in [5, 5.41) is 0. The van der Waals surface area contributed by atoms with E-state index in [1.165, 1.54) is 18.2 Å². The molecule has 0 saturated heterocycles. The summed E-state index contributed by atoms with van der Waals surface area (Å²) in [5.41, 5.74) is 0.287. The molecule has 17 heavy (non-hydrogen) atoms. The second-order valence-corrected chi connectivity index (χ2v) is 6.55. The third kappa shape index (κ3) is 2.78. The lowest BCUT2D eigenvalue weighted by Gasteiger charge is -2.01. The summed E-state index contributed by atoms with van der Waals surface area (Å²) in [6, 6.07) is 5.63. The maximum absolute atomic E-state index is 13.1. The molecule has 1 aromatic heterocycles. The van der Waals surface area contributed by atoms with Crippen LogP contribution in [0.3, 0.4) is 0 Å². The summed E-state index contributed by atoms with van der Waals surface area (Å²) >= 11 is 13.5. The summed E-state index contributed by atoms with van der Waals surface area (Å²) in [6.07, 6.45) is 0. The van der Waals surface area contributed by atoms with E-state index in [9.17, 15) is 9.18 Å². The molecule has 0 spiro atoms. The molecule has 0 aliphatic carbocycles. The van der Waals surface area contributed by atoms with Gasteiger partial charge in [0.2, 0.25) is 5.78 Å². The molecule has 88 valence electrons. The molecule has 0 atom stereocenters. The molecular weight excluding hydrogens is 394 g/mol. The summed E-state index contributed by atoms with van der Waals surface area (Å²) < 4.78 is 14.8. The lowest BCUT2D eigenvalue weighted by molar-refractivity contribution is 0.104. The minimum Gasteiger partial charge on any atom is -0.288 e. The quantitative estimate of drug-likeness (QED) is 0.628. The standard InChI is InChI=1S/C11H4Br2ClFOS/c12-7-2-1-5(15)3-6(7)10(16)9-4-8(13)11(14)17-9/h1-4H. The van der Waals surface area contributed by atoms with Crippen molar-refractivity contribution in [1.29, 1.82) is 0 Å². The Hall–Kier alpha value is -0.230. The largest absolute Gasteiger partial charge is 0.288 e. The predicted octanol–water partition coefficient (Wildman–Crippen LogP) is 5.30. The number of ketones is 1. The zero-order chi connectivity index (χ0) is 12.6. The van der Waals surface area contributed by atoms with Crippen LogP contribution in [0.2, 0.25) is 4.34 Å². The van der Waals surface area contributed by atoms with Crippen molar-refractivity contribution in [2.75, 3.05) is 0 Å². The van der Waals surface area contributed by atoms with E-state index in [0.29, 0.717) is 18.2 Å². The Morgan fingerprint density at radius 2 is 1.94 bits per heavy atom. The van der Waals surface area contributed by atoms with Crippen molar-refractivity contribution in [3.05, 3.63) is 53.8 Å². The molecule has 0 unspecified atom stereocenters. The zero-order valence-corrected chi connectivity index (χ0v) is 12.9. The van der Waals surface area contributed by atoms with Crippen molar-refractivity contribution in [3.63, 3.8) is 0 Å². The SMILES string of the molecule is O=C(c1cc(Br)c(Cl)s1)c1cc(F)ccc1Br. The first-order chi connectivity index (χ1) is 7.99. The first-order valence-corrected chi connectivity index (χ1v) is 7.21. The number of hydrogen-bond acceptors (Lipinski definition) is 2. The number of carbonyl (C=O) groups is 1. The van der Waals surface area contributed by atoms with Gasteiger partial charge in [0.15, 0.2) is 0 Å². The Morgan fingerprint density at radius 3 is 2.53 bits per heavy atom. The molecule has 1 nitrogen and oxygen atoms in total. The van der Waals surface area contributed by atoms with Crippen LogP contribution in [0, 0.1) is 5.82 Å². The molecule has 0 amide bonds. The number of rotatable bonds is 2. The van der Waals surface area contributed by atoms with Gasteiger partial charge in [0.05, 0.1) is 4.88 Å².